The lowest BCUT2D eigenvalue weighted by atomic mass is 10.0. The van der Waals surface area contributed by atoms with Gasteiger partial charge in [-0.3, -0.25) is 9.20 Å². The van der Waals surface area contributed by atoms with Gasteiger partial charge in [0.05, 0.1) is 31.1 Å². The number of ether oxygens (including phenoxy) is 1. The number of nitrogens with one attached hydrogen (secondary N) is 2. The molecule has 1 fully saturated rings. The molecule has 1 saturated heterocycles. The summed E-state index contributed by atoms with van der Waals surface area (Å²) in [5.41, 5.74) is -3.02. The van der Waals surface area contributed by atoms with Gasteiger partial charge < -0.3 is 25.2 Å². The molecule has 2 aromatic heterocycles. The Hall–Kier alpha value is -3.63. The highest BCUT2D eigenvalue weighted by Crippen LogP contribution is 2.39. The summed E-state index contributed by atoms with van der Waals surface area (Å²) in [6.45, 7) is 1.01. The average molecular weight is 579 g/mol. The normalized spacial score (nSPS) is 17.7. The molecule has 214 valence electrons. The first kappa shape index (κ1) is 29.4. The minimum Gasteiger partial charge on any atom is -0.495 e. The highest BCUT2D eigenvalue weighted by atomic mass is 32.2. The lowest BCUT2D eigenvalue weighted by Crippen LogP contribution is -2.46. The fourth-order valence-electron chi connectivity index (χ4n) is 4.37. The number of likely N-dealkylation sites (tertiary alicyclic amines) is 1. The van der Waals surface area contributed by atoms with E-state index in [0.29, 0.717) is 35.7 Å². The molecule has 3 aromatic rings. The van der Waals surface area contributed by atoms with Gasteiger partial charge in [0.2, 0.25) is 0 Å². The van der Waals surface area contributed by atoms with Gasteiger partial charge >= 0.3 is 5.51 Å². The number of carbonyl (C=O) groups excluding carboxylic acids is 1. The number of nitrogens with zero attached hydrogens (tertiary/aromatic N) is 4. The number of benzene rings is 1. The molecule has 1 aliphatic rings. The number of imidazole rings is 1. The second-order valence-corrected chi connectivity index (χ2v) is 10.6. The first-order chi connectivity index (χ1) is 19.0. The Morgan fingerprint density at radius 1 is 1.27 bits per heavy atom. The number of rotatable bonds is 7. The Morgan fingerprint density at radius 2 is 2.05 bits per heavy atom. The zero-order valence-corrected chi connectivity index (χ0v) is 23.3. The van der Waals surface area contributed by atoms with Crippen molar-refractivity contribution in [3.8, 4) is 17.6 Å². The third-order valence-corrected chi connectivity index (χ3v) is 7.15. The number of fused-ring (bicyclic) bond motifs is 1. The third kappa shape index (κ3) is 6.92. The minimum absolute atomic E-state index is 0.0458. The quantitative estimate of drug-likeness (QED) is 0.242. The lowest BCUT2D eigenvalue weighted by molar-refractivity contribution is -0.0330. The number of pyridine rings is 1. The Labute approximate surface area is 234 Å². The number of hydrogen-bond acceptors (Lipinski definition) is 7. The van der Waals surface area contributed by atoms with Crippen molar-refractivity contribution in [2.75, 3.05) is 58.5 Å². The van der Waals surface area contributed by atoms with Gasteiger partial charge in [-0.2, -0.15) is 13.2 Å². The Kier molecular flexibility index (Phi) is 9.00. The molecule has 13 heteroatoms. The predicted octanol–water partition coefficient (Wildman–Crippen LogP) is 4.57. The van der Waals surface area contributed by atoms with Crippen molar-refractivity contribution in [3.05, 3.63) is 47.8 Å². The van der Waals surface area contributed by atoms with E-state index in [0.717, 1.165) is 0 Å². The van der Waals surface area contributed by atoms with Gasteiger partial charge in [0.1, 0.15) is 22.6 Å². The van der Waals surface area contributed by atoms with Crippen LogP contribution in [0.1, 0.15) is 22.5 Å². The Bertz CT molecular complexity index is 1430. The number of hydrogen-bond donors (Lipinski definition) is 2. The number of aromatic nitrogens is 2. The Morgan fingerprint density at radius 3 is 2.73 bits per heavy atom. The molecular formula is C27H30F4N6O2S. The van der Waals surface area contributed by atoms with E-state index < -0.39 is 17.7 Å². The van der Waals surface area contributed by atoms with Crippen LogP contribution in [0.3, 0.4) is 0 Å². The van der Waals surface area contributed by atoms with Crippen LogP contribution < -0.4 is 15.4 Å². The number of amides is 1. The van der Waals surface area contributed by atoms with Crippen LogP contribution in [0.5, 0.6) is 5.75 Å². The monoisotopic (exact) mass is 578 g/mol. The molecule has 0 spiro atoms. The molecule has 0 radical (unpaired) electrons. The van der Waals surface area contributed by atoms with Gasteiger partial charge in [0.15, 0.2) is 5.65 Å². The van der Waals surface area contributed by atoms with E-state index in [9.17, 15) is 22.4 Å². The van der Waals surface area contributed by atoms with E-state index in [2.05, 4.69) is 27.5 Å². The smallest absolute Gasteiger partial charge is 0.447 e. The number of alkyl halides is 4. The van der Waals surface area contributed by atoms with Crippen molar-refractivity contribution in [2.45, 2.75) is 29.2 Å². The molecule has 40 heavy (non-hydrogen) atoms. The number of anilines is 2. The molecule has 4 rings (SSSR count). The number of thioether (sulfide) groups is 1. The fourth-order valence-corrected chi connectivity index (χ4v) is 5.03. The SMILES string of the molecule is COc1ccc(C(=O)N(C)C)cc1NCC#Cc1nc2c(N[C@@H]3CCN(C)C[C@@H]3F)cccn2c1SC(F)(F)F. The standard InChI is InChI=1S/C27H30F4N6O2S/c1-35(2)25(38)17-9-10-23(39-4)22(15-17)32-12-5-7-21-26(40-27(29,30)31)37-13-6-8-20(24(37)34-21)33-19-11-14-36(3)16-18(19)28/h6,8-10,13,15,18-19,32-33H,11-12,14,16H2,1-4H3/t18-,19+/m0/s1. The van der Waals surface area contributed by atoms with Gasteiger partial charge in [-0.05, 0) is 49.7 Å². The number of carbonyl (C=O) groups is 1. The summed E-state index contributed by atoms with van der Waals surface area (Å²) in [6.07, 6.45) is 0.893. The third-order valence-electron chi connectivity index (χ3n) is 6.33. The largest absolute Gasteiger partial charge is 0.495 e. The maximum atomic E-state index is 14.7. The molecule has 0 unspecified atom stereocenters. The first-order valence-corrected chi connectivity index (χ1v) is 13.3. The summed E-state index contributed by atoms with van der Waals surface area (Å²) in [5, 5.41) is 6.01. The van der Waals surface area contributed by atoms with Crippen LogP contribution in [0.25, 0.3) is 5.65 Å². The van der Waals surface area contributed by atoms with Crippen molar-refractivity contribution < 1.29 is 27.1 Å². The highest BCUT2D eigenvalue weighted by molar-refractivity contribution is 8.00. The number of halogens is 4. The van der Waals surface area contributed by atoms with E-state index in [1.165, 1.54) is 22.6 Å². The first-order valence-electron chi connectivity index (χ1n) is 12.4. The zero-order valence-electron chi connectivity index (χ0n) is 22.5. The lowest BCUT2D eigenvalue weighted by Gasteiger charge is -2.33. The summed E-state index contributed by atoms with van der Waals surface area (Å²) in [4.78, 5) is 20.1. The molecule has 0 saturated carbocycles. The molecule has 2 atom stereocenters. The number of methoxy groups -OCH3 is 1. The number of piperidine rings is 1. The maximum absolute atomic E-state index is 14.7. The summed E-state index contributed by atoms with van der Waals surface area (Å²) in [5.74, 6) is 5.85. The summed E-state index contributed by atoms with van der Waals surface area (Å²) < 4.78 is 61.8. The van der Waals surface area contributed by atoms with Crippen molar-refractivity contribution in [3.63, 3.8) is 0 Å². The summed E-state index contributed by atoms with van der Waals surface area (Å²) in [7, 11) is 6.61. The van der Waals surface area contributed by atoms with Gasteiger partial charge in [0.25, 0.3) is 5.91 Å². The maximum Gasteiger partial charge on any atom is 0.447 e. The van der Waals surface area contributed by atoms with Crippen molar-refractivity contribution in [1.29, 1.82) is 0 Å². The molecule has 1 aromatic carbocycles. The molecule has 1 aliphatic heterocycles. The van der Waals surface area contributed by atoms with Gasteiger partial charge in [0, 0.05) is 50.7 Å². The van der Waals surface area contributed by atoms with E-state index >= 15 is 0 Å². The van der Waals surface area contributed by atoms with E-state index in [-0.39, 0.29) is 47.1 Å². The molecule has 0 aliphatic carbocycles. The fraction of sp³-hybridized carbons (Fsp3) is 0.407. The molecule has 0 bridgehead atoms. The van der Waals surface area contributed by atoms with Crippen molar-refractivity contribution in [1.82, 2.24) is 19.2 Å². The van der Waals surface area contributed by atoms with Gasteiger partial charge in [-0.25, -0.2) is 9.37 Å². The van der Waals surface area contributed by atoms with Crippen LogP contribution in [-0.4, -0.2) is 90.7 Å². The topological polar surface area (TPSA) is 74.1 Å². The zero-order chi connectivity index (χ0) is 29.0. The molecule has 1 amide bonds. The minimum atomic E-state index is -4.57. The predicted molar refractivity (Wildman–Crippen MR) is 148 cm³/mol. The molecule has 2 N–H and O–H groups in total. The van der Waals surface area contributed by atoms with Gasteiger partial charge in [-0.1, -0.05) is 5.92 Å². The second kappa shape index (κ2) is 12.3. The van der Waals surface area contributed by atoms with Crippen LogP contribution in [0.4, 0.5) is 28.9 Å². The van der Waals surface area contributed by atoms with E-state index in [4.69, 9.17) is 4.74 Å². The summed E-state index contributed by atoms with van der Waals surface area (Å²) in [6, 6.07) is 7.68. The molecular weight excluding hydrogens is 548 g/mol. The molecule has 3 heterocycles. The van der Waals surface area contributed by atoms with E-state index in [1.54, 1.807) is 44.4 Å². The van der Waals surface area contributed by atoms with Crippen LogP contribution in [0.15, 0.2) is 41.6 Å². The van der Waals surface area contributed by atoms with Crippen LogP contribution >= 0.6 is 11.8 Å². The van der Waals surface area contributed by atoms with E-state index in [1.807, 2.05) is 11.9 Å². The summed E-state index contributed by atoms with van der Waals surface area (Å²) >= 11 is -0.306. The highest BCUT2D eigenvalue weighted by Gasteiger charge is 2.33. The van der Waals surface area contributed by atoms with Crippen molar-refractivity contribution in [2.24, 2.45) is 0 Å². The van der Waals surface area contributed by atoms with Crippen LogP contribution in [-0.2, 0) is 0 Å². The second-order valence-electron chi connectivity index (χ2n) is 9.52. The average Bonchev–Trinajstić information content (AvgIpc) is 3.24. The van der Waals surface area contributed by atoms with Crippen molar-refractivity contribution >= 4 is 34.7 Å². The van der Waals surface area contributed by atoms with Gasteiger partial charge in [-0.15, -0.1) is 0 Å². The van der Waals surface area contributed by atoms with Crippen LogP contribution in [0, 0.1) is 11.8 Å². The molecule has 8 nitrogen and oxygen atoms in total. The Balaban J connectivity index is 1.61. The van der Waals surface area contributed by atoms with Crippen LogP contribution in [0.2, 0.25) is 0 Å².